The molecule has 2 amide bonds. The first-order valence-electron chi connectivity index (χ1n) is 10.3. The summed E-state index contributed by atoms with van der Waals surface area (Å²) in [5, 5.41) is 0. The minimum absolute atomic E-state index is 0.120. The number of carbonyl (C=O) groups excluding carboxylic acids is 2. The van der Waals surface area contributed by atoms with Gasteiger partial charge >= 0.3 is 0 Å². The minimum atomic E-state index is -1.50. The van der Waals surface area contributed by atoms with Crippen LogP contribution in [0.2, 0.25) is 0 Å². The van der Waals surface area contributed by atoms with Crippen molar-refractivity contribution in [1.29, 1.82) is 0 Å². The van der Waals surface area contributed by atoms with Crippen LogP contribution in [-0.2, 0) is 17.7 Å². The monoisotopic (exact) mass is 432 g/mol. The van der Waals surface area contributed by atoms with E-state index in [9.17, 15) is 14.1 Å². The Labute approximate surface area is 185 Å². The molecule has 0 radical (unpaired) electrons. The average Bonchev–Trinajstić information content (AvgIpc) is 2.90. The predicted molar refractivity (Wildman–Crippen MR) is 122 cm³/mol. The van der Waals surface area contributed by atoms with Crippen LogP contribution in [0.3, 0.4) is 0 Å². The van der Waals surface area contributed by atoms with Crippen molar-refractivity contribution < 1.29 is 14.1 Å². The third kappa shape index (κ3) is 3.96. The molecule has 1 atom stereocenters. The summed E-state index contributed by atoms with van der Waals surface area (Å²) in [6, 6.07) is 21.9. The van der Waals surface area contributed by atoms with E-state index in [1.807, 2.05) is 44.2 Å². The number of rotatable bonds is 5. The van der Waals surface area contributed by atoms with Gasteiger partial charge in [0.25, 0.3) is 11.8 Å². The summed E-state index contributed by atoms with van der Waals surface area (Å²) in [6.07, 6.45) is 0. The molecule has 0 spiro atoms. The second-order valence-corrected chi connectivity index (χ2v) is 8.72. The van der Waals surface area contributed by atoms with Crippen LogP contribution in [-0.4, -0.2) is 34.4 Å². The van der Waals surface area contributed by atoms with Crippen LogP contribution in [0, 0.1) is 0 Å². The van der Waals surface area contributed by atoms with Gasteiger partial charge in [-0.2, -0.15) is 0 Å². The van der Waals surface area contributed by atoms with E-state index in [1.54, 1.807) is 52.3 Å². The van der Waals surface area contributed by atoms with Gasteiger partial charge in [0.1, 0.15) is 5.69 Å². The highest BCUT2D eigenvalue weighted by atomic mass is 32.2. The van der Waals surface area contributed by atoms with E-state index in [0.717, 1.165) is 5.56 Å². The molecule has 31 heavy (non-hydrogen) atoms. The molecule has 0 saturated carbocycles. The number of benzene rings is 3. The Bertz CT molecular complexity index is 1120. The minimum Gasteiger partial charge on any atom is -0.606 e. The van der Waals surface area contributed by atoms with Crippen molar-refractivity contribution in [1.82, 2.24) is 4.90 Å². The molecular weight excluding hydrogens is 408 g/mol. The van der Waals surface area contributed by atoms with Crippen LogP contribution in [0.4, 0.5) is 5.69 Å². The van der Waals surface area contributed by atoms with E-state index in [0.29, 0.717) is 46.2 Å². The molecule has 1 unspecified atom stereocenters. The number of hydrogen-bond donors (Lipinski definition) is 0. The standard InChI is InChI=1S/C25H24N2O3S/c1-3-26(17-18-10-6-5-7-11-18)24(28)19-14-15-23-21(16-19)27(4-2)25(29)20-12-8-9-13-22(20)31(23)30/h5-16H,3-4,17H2,1-2H3. The fraction of sp³-hybridized carbons (Fsp3) is 0.200. The van der Waals surface area contributed by atoms with Crippen molar-refractivity contribution in [2.75, 3.05) is 18.0 Å². The average molecular weight is 433 g/mol. The first-order chi connectivity index (χ1) is 15.0. The number of amides is 2. The third-order valence-electron chi connectivity index (χ3n) is 5.46. The topological polar surface area (TPSA) is 63.7 Å². The van der Waals surface area contributed by atoms with Crippen LogP contribution in [0.15, 0.2) is 82.6 Å². The molecule has 0 aromatic heterocycles. The number of hydrogen-bond acceptors (Lipinski definition) is 3. The lowest BCUT2D eigenvalue weighted by Gasteiger charge is -2.24. The van der Waals surface area contributed by atoms with Crippen molar-refractivity contribution in [3.05, 3.63) is 89.5 Å². The Kier molecular flexibility index (Phi) is 6.11. The van der Waals surface area contributed by atoms with Crippen molar-refractivity contribution in [2.45, 2.75) is 30.2 Å². The van der Waals surface area contributed by atoms with Crippen LogP contribution < -0.4 is 4.90 Å². The van der Waals surface area contributed by atoms with Crippen LogP contribution in [0.25, 0.3) is 0 Å². The molecule has 0 bridgehead atoms. The summed E-state index contributed by atoms with van der Waals surface area (Å²) >= 11 is -1.50. The lowest BCUT2D eigenvalue weighted by atomic mass is 10.1. The highest BCUT2D eigenvalue weighted by molar-refractivity contribution is 7.91. The molecule has 0 N–H and O–H groups in total. The van der Waals surface area contributed by atoms with E-state index in [2.05, 4.69) is 0 Å². The molecule has 4 rings (SSSR count). The molecule has 158 valence electrons. The molecule has 0 aliphatic carbocycles. The van der Waals surface area contributed by atoms with E-state index in [-0.39, 0.29) is 11.8 Å². The van der Waals surface area contributed by atoms with Gasteiger partial charge in [0.15, 0.2) is 9.79 Å². The maximum atomic E-state index is 13.3. The summed E-state index contributed by atoms with van der Waals surface area (Å²) in [7, 11) is 0. The zero-order chi connectivity index (χ0) is 22.0. The summed E-state index contributed by atoms with van der Waals surface area (Å²) in [4.78, 5) is 30.9. The number of fused-ring (bicyclic) bond motifs is 2. The molecule has 1 aliphatic rings. The van der Waals surface area contributed by atoms with Crippen molar-refractivity contribution >= 4 is 28.7 Å². The van der Waals surface area contributed by atoms with Gasteiger partial charge in [-0.3, -0.25) is 9.59 Å². The highest BCUT2D eigenvalue weighted by Crippen LogP contribution is 2.37. The highest BCUT2D eigenvalue weighted by Gasteiger charge is 2.35. The van der Waals surface area contributed by atoms with Crippen LogP contribution in [0.1, 0.15) is 40.1 Å². The van der Waals surface area contributed by atoms with E-state index in [1.165, 1.54) is 0 Å². The maximum absolute atomic E-state index is 13.3. The van der Waals surface area contributed by atoms with Gasteiger partial charge in [-0.1, -0.05) is 42.5 Å². The second-order valence-electron chi connectivity index (χ2n) is 7.30. The number of nitrogens with zero attached hydrogens (tertiary/aromatic N) is 2. The molecule has 1 aliphatic heterocycles. The predicted octanol–water partition coefficient (Wildman–Crippen LogP) is 4.50. The number of anilines is 1. The molecule has 0 saturated heterocycles. The van der Waals surface area contributed by atoms with Crippen LogP contribution in [0.5, 0.6) is 0 Å². The molecule has 3 aromatic carbocycles. The van der Waals surface area contributed by atoms with Crippen molar-refractivity contribution in [2.24, 2.45) is 0 Å². The molecule has 5 nitrogen and oxygen atoms in total. The van der Waals surface area contributed by atoms with Gasteiger partial charge in [-0.25, -0.2) is 0 Å². The summed E-state index contributed by atoms with van der Waals surface area (Å²) < 4.78 is 13.3. The van der Waals surface area contributed by atoms with E-state index >= 15 is 0 Å². The molecule has 3 aromatic rings. The fourth-order valence-corrected chi connectivity index (χ4v) is 5.17. The lowest BCUT2D eigenvalue weighted by molar-refractivity contribution is 0.0752. The number of carbonyl (C=O) groups is 2. The van der Waals surface area contributed by atoms with Gasteiger partial charge in [0, 0.05) is 36.4 Å². The Morgan fingerprint density at radius 3 is 2.39 bits per heavy atom. The first-order valence-corrected chi connectivity index (χ1v) is 11.5. The first kappa shape index (κ1) is 21.2. The van der Waals surface area contributed by atoms with E-state index < -0.39 is 11.2 Å². The van der Waals surface area contributed by atoms with Gasteiger partial charge < -0.3 is 14.4 Å². The Hall–Kier alpha value is -3.09. The summed E-state index contributed by atoms with van der Waals surface area (Å²) in [6.45, 7) is 5.29. The summed E-state index contributed by atoms with van der Waals surface area (Å²) in [5.41, 5.74) is 2.50. The molecule has 0 fully saturated rings. The zero-order valence-corrected chi connectivity index (χ0v) is 18.4. The molecule has 1 heterocycles. The SMILES string of the molecule is CCN(Cc1ccccc1)C(=O)c1ccc2c(c1)N(CC)C(=O)c1ccccc1[S+]2[O-]. The van der Waals surface area contributed by atoms with Gasteiger partial charge in [-0.05, 0) is 49.7 Å². The molecule has 6 heteroatoms. The maximum Gasteiger partial charge on any atom is 0.263 e. The normalized spacial score (nSPS) is 15.1. The van der Waals surface area contributed by atoms with Gasteiger partial charge in [0.2, 0.25) is 0 Å². The third-order valence-corrected chi connectivity index (χ3v) is 6.96. The smallest absolute Gasteiger partial charge is 0.263 e. The van der Waals surface area contributed by atoms with Crippen molar-refractivity contribution in [3.63, 3.8) is 0 Å². The molecular formula is C25H24N2O3S. The van der Waals surface area contributed by atoms with Gasteiger partial charge in [0.05, 0.1) is 5.56 Å². The Morgan fingerprint density at radius 1 is 0.968 bits per heavy atom. The van der Waals surface area contributed by atoms with Gasteiger partial charge in [-0.15, -0.1) is 0 Å². The Morgan fingerprint density at radius 2 is 1.68 bits per heavy atom. The van der Waals surface area contributed by atoms with Crippen LogP contribution >= 0.6 is 0 Å². The van der Waals surface area contributed by atoms with E-state index in [4.69, 9.17) is 0 Å². The second kappa shape index (κ2) is 8.96. The summed E-state index contributed by atoms with van der Waals surface area (Å²) in [5.74, 6) is -0.323. The lowest BCUT2D eigenvalue weighted by Crippen LogP contribution is -2.32. The largest absolute Gasteiger partial charge is 0.606 e. The zero-order valence-electron chi connectivity index (χ0n) is 17.6. The fourth-order valence-electron chi connectivity index (χ4n) is 3.82. The quantitative estimate of drug-likeness (QED) is 0.558. The Balaban J connectivity index is 1.73. The van der Waals surface area contributed by atoms with Crippen molar-refractivity contribution in [3.8, 4) is 0 Å².